The van der Waals surface area contributed by atoms with Gasteiger partial charge in [-0.05, 0) is 72.3 Å². The van der Waals surface area contributed by atoms with Crippen LogP contribution in [0, 0.1) is 24.2 Å². The van der Waals surface area contributed by atoms with Crippen LogP contribution >= 0.6 is 11.3 Å². The van der Waals surface area contributed by atoms with Crippen LogP contribution in [0.2, 0.25) is 0 Å². The van der Waals surface area contributed by atoms with E-state index in [0.29, 0.717) is 50.5 Å². The number of aryl methyl sites for hydroxylation is 1. The monoisotopic (exact) mass is 1120 g/mol. The molecule has 2 aliphatic rings. The van der Waals surface area contributed by atoms with E-state index in [1.54, 1.807) is 35.1 Å². The van der Waals surface area contributed by atoms with Crippen molar-refractivity contribution < 1.29 is 65.9 Å². The molecule has 5 N–H and O–H groups in total. The van der Waals surface area contributed by atoms with Crippen LogP contribution in [-0.4, -0.2) is 147 Å². The van der Waals surface area contributed by atoms with E-state index < -0.39 is 59.3 Å². The van der Waals surface area contributed by atoms with E-state index in [0.717, 1.165) is 32.8 Å². The van der Waals surface area contributed by atoms with Gasteiger partial charge in [0.1, 0.15) is 30.1 Å². The molecular weight excluding hydrogens is 1050 g/mol. The lowest BCUT2D eigenvalue weighted by Gasteiger charge is -2.35. The molecule has 3 atom stereocenters. The Bertz CT molecular complexity index is 2660. The zero-order valence-corrected chi connectivity index (χ0v) is 46.4. The van der Waals surface area contributed by atoms with Crippen LogP contribution in [0.15, 0.2) is 72.4 Å². The number of β-amino-alcohol motifs (C(OH)–C–C–N with tert-alkyl or cyclic N) is 1. The molecule has 3 heterocycles. The number of allylic oxidation sites excluding steroid dienone is 1. The molecule has 6 rings (SSSR count). The maximum absolute atomic E-state index is 13.9. The smallest absolute Gasteiger partial charge is 0.391 e. The van der Waals surface area contributed by atoms with E-state index >= 15 is 0 Å². The number of hydrogen-bond acceptors (Lipinski definition) is 14. The number of halogens is 3. The Morgan fingerprint density at radius 3 is 2.11 bits per heavy atom. The van der Waals surface area contributed by atoms with Gasteiger partial charge in [0.15, 0.2) is 0 Å². The van der Waals surface area contributed by atoms with Gasteiger partial charge in [-0.1, -0.05) is 81.5 Å². The Hall–Kier alpha value is -6.30. The van der Waals surface area contributed by atoms with Crippen LogP contribution in [-0.2, 0) is 57.6 Å². The molecule has 430 valence electrons. The molecule has 2 aromatic carbocycles. The number of aromatic nitrogens is 2. The van der Waals surface area contributed by atoms with Crippen molar-refractivity contribution in [3.8, 4) is 16.2 Å². The second kappa shape index (κ2) is 30.3. The van der Waals surface area contributed by atoms with Gasteiger partial charge in [0.05, 0.1) is 94.1 Å². The number of thiazole rings is 1. The number of amides is 5. The van der Waals surface area contributed by atoms with Gasteiger partial charge in [-0.25, -0.2) is 9.97 Å². The lowest BCUT2D eigenvalue weighted by atomic mass is 9.81. The number of rotatable bonds is 28. The molecule has 2 fully saturated rings. The fourth-order valence-corrected chi connectivity index (χ4v) is 10.0. The molecule has 1 unspecified atom stereocenters. The van der Waals surface area contributed by atoms with Crippen LogP contribution in [0.1, 0.15) is 91.3 Å². The Labute approximate surface area is 463 Å². The second-order valence-electron chi connectivity index (χ2n) is 20.7. The van der Waals surface area contributed by atoms with Gasteiger partial charge in [-0.15, -0.1) is 11.3 Å². The quantitative estimate of drug-likeness (QED) is 0.0390. The number of aliphatic hydroxyl groups excluding tert-OH is 1. The van der Waals surface area contributed by atoms with Crippen molar-refractivity contribution in [2.75, 3.05) is 73.1 Å². The van der Waals surface area contributed by atoms with Gasteiger partial charge in [0, 0.05) is 38.2 Å². The third-order valence-electron chi connectivity index (χ3n) is 13.6. The molecule has 79 heavy (non-hydrogen) atoms. The number of hydrogen-bond donors (Lipinski definition) is 5. The first-order valence-electron chi connectivity index (χ1n) is 26.6. The van der Waals surface area contributed by atoms with Crippen LogP contribution in [0.5, 0.6) is 5.75 Å². The average Bonchev–Trinajstić information content (AvgIpc) is 4.05. The molecule has 0 spiro atoms. The van der Waals surface area contributed by atoms with Crippen LogP contribution in [0.3, 0.4) is 0 Å². The molecular formula is C57H74F3N7O11S. The Kier molecular flexibility index (Phi) is 23.8. The second-order valence-corrected chi connectivity index (χ2v) is 21.5. The number of nitrogens with zero attached hydrogens (tertiary/aromatic N) is 3. The van der Waals surface area contributed by atoms with Crippen LogP contribution < -0.4 is 26.0 Å². The molecule has 18 nitrogen and oxygen atoms in total. The van der Waals surface area contributed by atoms with Crippen LogP contribution in [0.25, 0.3) is 16.5 Å². The minimum atomic E-state index is -4.17. The van der Waals surface area contributed by atoms with Crippen molar-refractivity contribution in [2.24, 2.45) is 17.3 Å². The molecule has 1 saturated carbocycles. The zero-order valence-electron chi connectivity index (χ0n) is 45.5. The number of pyridine rings is 1. The predicted molar refractivity (Wildman–Crippen MR) is 291 cm³/mol. The summed E-state index contributed by atoms with van der Waals surface area (Å²) in [6.07, 6.45) is 1.28. The van der Waals surface area contributed by atoms with Gasteiger partial charge < -0.3 is 55.0 Å². The van der Waals surface area contributed by atoms with Crippen molar-refractivity contribution in [2.45, 2.75) is 104 Å². The van der Waals surface area contributed by atoms with E-state index in [2.05, 4.69) is 31.2 Å². The number of carbonyl (C=O) groups is 5. The van der Waals surface area contributed by atoms with Gasteiger partial charge in [0.25, 0.3) is 5.91 Å². The Morgan fingerprint density at radius 1 is 0.810 bits per heavy atom. The molecule has 1 saturated heterocycles. The zero-order chi connectivity index (χ0) is 57.0. The van der Waals surface area contributed by atoms with Gasteiger partial charge in [0.2, 0.25) is 23.6 Å². The summed E-state index contributed by atoms with van der Waals surface area (Å²) in [6, 6.07) is 14.8. The van der Waals surface area contributed by atoms with Gasteiger partial charge >= 0.3 is 6.18 Å². The average molecular weight is 1120 g/mol. The third kappa shape index (κ3) is 19.8. The minimum Gasteiger partial charge on any atom is -0.495 e. The van der Waals surface area contributed by atoms with Crippen molar-refractivity contribution in [1.29, 1.82) is 0 Å². The van der Waals surface area contributed by atoms with Crippen molar-refractivity contribution in [1.82, 2.24) is 36.1 Å². The van der Waals surface area contributed by atoms with E-state index in [1.165, 1.54) is 18.2 Å². The summed E-state index contributed by atoms with van der Waals surface area (Å²) in [7, 11) is 1.48. The van der Waals surface area contributed by atoms with E-state index in [1.807, 2.05) is 76.2 Å². The maximum atomic E-state index is 13.9. The lowest BCUT2D eigenvalue weighted by Crippen LogP contribution is -2.58. The van der Waals surface area contributed by atoms with Gasteiger partial charge in [-0.2, -0.15) is 13.2 Å². The lowest BCUT2D eigenvalue weighted by molar-refractivity contribution is -0.183. The molecule has 5 amide bonds. The van der Waals surface area contributed by atoms with Crippen molar-refractivity contribution in [3.05, 3.63) is 106 Å². The number of nitrogens with one attached hydrogen (secondary N) is 4. The number of ether oxygens (including phenoxy) is 5. The summed E-state index contributed by atoms with van der Waals surface area (Å²) in [5, 5.41) is 21.9. The molecule has 0 radical (unpaired) electrons. The number of alkyl halides is 3. The van der Waals surface area contributed by atoms with E-state index in [4.69, 9.17) is 23.7 Å². The number of likely N-dealkylation sites (tertiary alicyclic amines) is 1. The summed E-state index contributed by atoms with van der Waals surface area (Å²) in [6.45, 7) is 9.51. The predicted octanol–water partition coefficient (Wildman–Crippen LogP) is 6.37. The Morgan fingerprint density at radius 2 is 1.47 bits per heavy atom. The molecule has 4 aromatic rings. The van der Waals surface area contributed by atoms with E-state index in [-0.39, 0.29) is 95.9 Å². The first kappa shape index (κ1) is 61.9. The summed E-state index contributed by atoms with van der Waals surface area (Å²) < 4.78 is 66.9. The highest BCUT2D eigenvalue weighted by Crippen LogP contribution is 2.40. The number of methoxy groups -OCH3 is 1. The van der Waals surface area contributed by atoms with E-state index in [9.17, 15) is 42.3 Å². The van der Waals surface area contributed by atoms with Crippen LogP contribution in [0.4, 0.5) is 13.2 Å². The highest BCUT2D eigenvalue weighted by atomic mass is 32.1. The summed E-state index contributed by atoms with van der Waals surface area (Å²) in [4.78, 5) is 77.0. The number of carbonyl (C=O) groups excluding carboxylic acids is 5. The summed E-state index contributed by atoms with van der Waals surface area (Å²) >= 11 is 1.56. The number of benzene rings is 2. The Balaban J connectivity index is 0.783. The molecule has 0 bridgehead atoms. The van der Waals surface area contributed by atoms with Gasteiger partial charge in [-0.3, -0.25) is 24.0 Å². The number of aliphatic hydroxyl groups is 1. The third-order valence-corrected chi connectivity index (χ3v) is 14.5. The molecule has 1 aliphatic heterocycles. The largest absolute Gasteiger partial charge is 0.495 e. The topological polar surface area (TPSA) is 229 Å². The van der Waals surface area contributed by atoms with Crippen molar-refractivity contribution in [3.63, 3.8) is 0 Å². The summed E-state index contributed by atoms with van der Waals surface area (Å²) in [5.41, 5.74) is 6.23. The molecule has 1 aliphatic carbocycles. The first-order chi connectivity index (χ1) is 37.8. The minimum absolute atomic E-state index is 0.00193. The standard InChI is InChI=1S/C57H74F3N7O11S/c1-37-51(79-36-65-37)42-14-10-39(11-15-42)31-64-54(72)47-30-45(68)34-67(47)55(73)52(56(2,3)4)66-50(70)35-78-26-25-77-24-23-76-22-21-75-20-19-61-49(69)28-40-7-6-8-41(27-40)32-63-53(71)46-29-43(48(74-5)33-62-46)16-9-38-12-17-44(18-13-38)57(58,59)60/h6-11,14-16,27,29,33,36,38,44-45,47,52,68H,12-13,17-26,28,30-32,34-35H2,1-5H3,(H,61,69)(H,63,71)(H,64,72)(H,66,70)/b16-9+/t38-,44-,45-,47+,52?/m1/s1. The maximum Gasteiger partial charge on any atom is 0.391 e. The SMILES string of the molecule is COc1cnc(C(=O)NCc2cccc(CC(=O)NCCOCCOCCOCCOCC(=O)NC(C(=O)N3C[C@H](O)C[C@H]3C(=O)NCc3ccc(-c4scnc4C)cc3)C(C)(C)C)c2)cc1/C=C/[C@H]1CC[C@H](C(F)(F)F)CC1. The first-order valence-corrected chi connectivity index (χ1v) is 27.4. The fourth-order valence-electron chi connectivity index (χ4n) is 9.20. The normalized spacial score (nSPS) is 18.1. The molecule has 22 heteroatoms. The highest BCUT2D eigenvalue weighted by molar-refractivity contribution is 7.13. The fraction of sp³-hybridized carbons (Fsp3) is 0.526. The van der Waals surface area contributed by atoms with Crippen molar-refractivity contribution >= 4 is 46.9 Å². The summed E-state index contributed by atoms with van der Waals surface area (Å²) in [5.74, 6) is -2.82. The molecule has 2 aromatic heterocycles. The highest BCUT2D eigenvalue weighted by Gasteiger charge is 2.45.